The van der Waals surface area contributed by atoms with Crippen LogP contribution in [0.2, 0.25) is 10.0 Å². The lowest BCUT2D eigenvalue weighted by Crippen LogP contribution is -2.23. The molecule has 3 aromatic carbocycles. The number of halogens is 2. The lowest BCUT2D eigenvalue weighted by Gasteiger charge is -2.09. The first-order chi connectivity index (χ1) is 17.5. The minimum absolute atomic E-state index is 0.00510. The Balaban J connectivity index is 1.64. The highest BCUT2D eigenvalue weighted by Gasteiger charge is 2.15. The van der Waals surface area contributed by atoms with Gasteiger partial charge in [-0.2, -0.15) is 10.4 Å². The molecule has 0 aliphatic rings. The van der Waals surface area contributed by atoms with Gasteiger partial charge in [0, 0.05) is 39.5 Å². The fourth-order valence-electron chi connectivity index (χ4n) is 3.50. The quantitative estimate of drug-likeness (QED) is 0.215. The normalized spacial score (nSPS) is 11.1. The molecule has 0 unspecified atom stereocenters. The van der Waals surface area contributed by atoms with Crippen molar-refractivity contribution in [1.29, 1.82) is 5.26 Å². The standard InChI is InChI=1S/C28H22Cl2N4O2/c1-2-32-28(35)21(16-31)14-22-17-34(24-6-4-3-5-7-24)33-27(22)19-9-12-25(13-10-19)36-18-20-8-11-23(29)15-26(20)30/h3-15,17H,2,18H2,1H3,(H,32,35). The predicted molar refractivity (Wildman–Crippen MR) is 142 cm³/mol. The number of likely N-dealkylation sites (N-methyl/N-ethyl adjacent to an activating group) is 1. The smallest absolute Gasteiger partial charge is 0.261 e. The Morgan fingerprint density at radius 2 is 1.86 bits per heavy atom. The molecule has 8 heteroatoms. The minimum atomic E-state index is -0.428. The van der Waals surface area contributed by atoms with Crippen LogP contribution in [0.25, 0.3) is 23.0 Å². The third kappa shape index (κ3) is 5.95. The average Bonchev–Trinajstić information content (AvgIpc) is 3.31. The maximum Gasteiger partial charge on any atom is 0.261 e. The Kier molecular flexibility index (Phi) is 8.06. The summed E-state index contributed by atoms with van der Waals surface area (Å²) in [6, 6.07) is 24.3. The molecule has 0 bridgehead atoms. The summed E-state index contributed by atoms with van der Waals surface area (Å²) in [7, 11) is 0. The predicted octanol–water partition coefficient (Wildman–Crippen LogP) is 6.47. The molecule has 1 heterocycles. The molecule has 36 heavy (non-hydrogen) atoms. The number of nitriles is 1. The largest absolute Gasteiger partial charge is 0.489 e. The van der Waals surface area contributed by atoms with Crippen molar-refractivity contribution < 1.29 is 9.53 Å². The van der Waals surface area contributed by atoms with Crippen LogP contribution in [0.5, 0.6) is 5.75 Å². The van der Waals surface area contributed by atoms with Crippen molar-refractivity contribution in [3.8, 4) is 28.8 Å². The van der Waals surface area contributed by atoms with E-state index in [1.165, 1.54) is 0 Å². The molecule has 180 valence electrons. The van der Waals surface area contributed by atoms with Gasteiger partial charge in [0.25, 0.3) is 5.91 Å². The minimum Gasteiger partial charge on any atom is -0.489 e. The molecule has 1 amide bonds. The van der Waals surface area contributed by atoms with Crippen LogP contribution in [0, 0.1) is 11.3 Å². The summed E-state index contributed by atoms with van der Waals surface area (Å²) in [5.74, 6) is 0.229. The van der Waals surface area contributed by atoms with Crippen molar-refractivity contribution in [2.75, 3.05) is 6.54 Å². The van der Waals surface area contributed by atoms with Crippen molar-refractivity contribution >= 4 is 35.2 Å². The number of hydrogen-bond acceptors (Lipinski definition) is 4. The average molecular weight is 517 g/mol. The molecule has 0 aliphatic heterocycles. The van der Waals surface area contributed by atoms with Crippen molar-refractivity contribution in [2.24, 2.45) is 0 Å². The van der Waals surface area contributed by atoms with E-state index in [-0.39, 0.29) is 5.57 Å². The summed E-state index contributed by atoms with van der Waals surface area (Å²) in [6.45, 7) is 2.52. The SMILES string of the molecule is CCNC(=O)C(C#N)=Cc1cn(-c2ccccc2)nc1-c1ccc(OCc2ccc(Cl)cc2Cl)cc1. The van der Waals surface area contributed by atoms with Gasteiger partial charge < -0.3 is 10.1 Å². The maximum atomic E-state index is 12.3. The monoisotopic (exact) mass is 516 g/mol. The highest BCUT2D eigenvalue weighted by molar-refractivity contribution is 6.35. The summed E-state index contributed by atoms with van der Waals surface area (Å²) in [5.41, 5.74) is 3.77. The van der Waals surface area contributed by atoms with E-state index in [2.05, 4.69) is 5.32 Å². The first kappa shape index (κ1) is 25.1. The van der Waals surface area contributed by atoms with Gasteiger partial charge in [0.2, 0.25) is 0 Å². The van der Waals surface area contributed by atoms with Crippen LogP contribution in [-0.2, 0) is 11.4 Å². The van der Waals surface area contributed by atoms with E-state index in [0.29, 0.717) is 40.2 Å². The fourth-order valence-corrected chi connectivity index (χ4v) is 3.96. The van der Waals surface area contributed by atoms with Gasteiger partial charge in [-0.25, -0.2) is 4.68 Å². The van der Waals surface area contributed by atoms with E-state index < -0.39 is 5.91 Å². The van der Waals surface area contributed by atoms with E-state index in [1.54, 1.807) is 36.0 Å². The number of carbonyl (C=O) groups excluding carboxylic acids is 1. The summed E-state index contributed by atoms with van der Waals surface area (Å²) in [6.07, 6.45) is 3.36. The number of benzene rings is 3. The van der Waals surface area contributed by atoms with Gasteiger partial charge >= 0.3 is 0 Å². The Morgan fingerprint density at radius 3 is 2.53 bits per heavy atom. The Hall–Kier alpha value is -4.05. The molecule has 0 spiro atoms. The van der Waals surface area contributed by atoms with E-state index in [0.717, 1.165) is 16.8 Å². The molecule has 0 aliphatic carbocycles. The Morgan fingerprint density at radius 1 is 1.11 bits per heavy atom. The van der Waals surface area contributed by atoms with Crippen LogP contribution in [0.1, 0.15) is 18.1 Å². The first-order valence-corrected chi connectivity index (χ1v) is 12.0. The summed E-state index contributed by atoms with van der Waals surface area (Å²) in [4.78, 5) is 12.3. The zero-order chi connectivity index (χ0) is 25.5. The van der Waals surface area contributed by atoms with Crippen molar-refractivity contribution in [2.45, 2.75) is 13.5 Å². The fraction of sp³-hybridized carbons (Fsp3) is 0.107. The number of amides is 1. The zero-order valence-corrected chi connectivity index (χ0v) is 20.9. The van der Waals surface area contributed by atoms with Crippen molar-refractivity contribution in [1.82, 2.24) is 15.1 Å². The number of nitrogens with one attached hydrogen (secondary N) is 1. The maximum absolute atomic E-state index is 12.3. The Labute approximate surface area is 219 Å². The molecule has 0 fully saturated rings. The summed E-state index contributed by atoms with van der Waals surface area (Å²) < 4.78 is 7.61. The molecule has 4 rings (SSSR count). The Bertz CT molecular complexity index is 1440. The summed E-state index contributed by atoms with van der Waals surface area (Å²) in [5, 5.41) is 18.1. The molecule has 0 saturated heterocycles. The molecule has 6 nitrogen and oxygen atoms in total. The van der Waals surface area contributed by atoms with Crippen molar-refractivity contribution in [3.63, 3.8) is 0 Å². The number of rotatable bonds is 8. The molecule has 1 aromatic heterocycles. The van der Waals surface area contributed by atoms with Crippen LogP contribution < -0.4 is 10.1 Å². The van der Waals surface area contributed by atoms with E-state index >= 15 is 0 Å². The number of ether oxygens (including phenoxy) is 1. The van der Waals surface area contributed by atoms with E-state index in [1.807, 2.05) is 66.7 Å². The third-order valence-electron chi connectivity index (χ3n) is 5.30. The van der Waals surface area contributed by atoms with Crippen LogP contribution in [-0.4, -0.2) is 22.2 Å². The molecule has 4 aromatic rings. The van der Waals surface area contributed by atoms with Gasteiger partial charge in [0.1, 0.15) is 24.0 Å². The van der Waals surface area contributed by atoms with Gasteiger partial charge in [-0.3, -0.25) is 4.79 Å². The number of nitrogens with zero attached hydrogens (tertiary/aromatic N) is 3. The van der Waals surface area contributed by atoms with Gasteiger partial charge in [0.15, 0.2) is 0 Å². The van der Waals surface area contributed by atoms with Crippen molar-refractivity contribution in [3.05, 3.63) is 106 Å². The van der Waals surface area contributed by atoms with Gasteiger partial charge in [-0.05, 0) is 61.5 Å². The summed E-state index contributed by atoms with van der Waals surface area (Å²) >= 11 is 12.2. The zero-order valence-electron chi connectivity index (χ0n) is 19.4. The topological polar surface area (TPSA) is 79.9 Å². The van der Waals surface area contributed by atoms with Crippen LogP contribution in [0.4, 0.5) is 0 Å². The lowest BCUT2D eigenvalue weighted by atomic mass is 10.1. The first-order valence-electron chi connectivity index (χ1n) is 11.2. The second-order valence-electron chi connectivity index (χ2n) is 7.79. The molecule has 0 saturated carbocycles. The second kappa shape index (κ2) is 11.6. The molecule has 1 N–H and O–H groups in total. The lowest BCUT2D eigenvalue weighted by molar-refractivity contribution is -0.116. The number of aromatic nitrogens is 2. The van der Waals surface area contributed by atoms with Crippen LogP contribution in [0.3, 0.4) is 0 Å². The van der Waals surface area contributed by atoms with Crippen LogP contribution >= 0.6 is 23.2 Å². The van der Waals surface area contributed by atoms with Crippen LogP contribution in [0.15, 0.2) is 84.6 Å². The number of hydrogen-bond donors (Lipinski definition) is 1. The van der Waals surface area contributed by atoms with E-state index in [9.17, 15) is 10.1 Å². The van der Waals surface area contributed by atoms with Gasteiger partial charge in [-0.1, -0.05) is 47.5 Å². The number of para-hydroxylation sites is 1. The van der Waals surface area contributed by atoms with Gasteiger partial charge in [-0.15, -0.1) is 0 Å². The highest BCUT2D eigenvalue weighted by atomic mass is 35.5. The third-order valence-corrected chi connectivity index (χ3v) is 5.89. The number of carbonyl (C=O) groups is 1. The molecular weight excluding hydrogens is 495 g/mol. The highest BCUT2D eigenvalue weighted by Crippen LogP contribution is 2.28. The molecular formula is C28H22Cl2N4O2. The molecule has 0 radical (unpaired) electrons. The molecule has 0 atom stereocenters. The van der Waals surface area contributed by atoms with Gasteiger partial charge in [0.05, 0.1) is 11.4 Å². The van der Waals surface area contributed by atoms with E-state index in [4.69, 9.17) is 33.0 Å². The second-order valence-corrected chi connectivity index (χ2v) is 8.63.